The van der Waals surface area contributed by atoms with Crippen molar-refractivity contribution < 1.29 is 9.47 Å². The fourth-order valence-corrected chi connectivity index (χ4v) is 13.1. The Morgan fingerprint density at radius 3 is 2.05 bits per heavy atom. The van der Waals surface area contributed by atoms with E-state index in [9.17, 15) is 0 Å². The summed E-state index contributed by atoms with van der Waals surface area (Å²) in [6.07, 6.45) is 2.33. The van der Waals surface area contributed by atoms with E-state index in [-0.39, 0.29) is 10.8 Å². The number of anilines is 5. The second kappa shape index (κ2) is 11.9. The van der Waals surface area contributed by atoms with Gasteiger partial charge in [-0.2, -0.15) is 0 Å². The average molecular weight is 758 g/mol. The highest BCUT2D eigenvalue weighted by Crippen LogP contribution is 2.52. The summed E-state index contributed by atoms with van der Waals surface area (Å²) in [5.74, 6) is 2.91. The van der Waals surface area contributed by atoms with Crippen molar-refractivity contribution in [1.29, 1.82) is 0 Å². The van der Waals surface area contributed by atoms with Gasteiger partial charge in [-0.1, -0.05) is 125 Å². The lowest BCUT2D eigenvalue weighted by Gasteiger charge is -2.44. The van der Waals surface area contributed by atoms with Crippen molar-refractivity contribution in [2.45, 2.75) is 71.4 Å². The third-order valence-electron chi connectivity index (χ3n) is 13.5. The number of rotatable bonds is 2. The van der Waals surface area contributed by atoms with Crippen LogP contribution in [0.3, 0.4) is 0 Å². The summed E-state index contributed by atoms with van der Waals surface area (Å²) in [6.45, 7) is 16.9. The maximum absolute atomic E-state index is 6.60. The molecule has 0 spiro atoms. The molecule has 0 unspecified atom stereocenters. The van der Waals surface area contributed by atoms with Crippen LogP contribution in [0.1, 0.15) is 57.2 Å². The molecule has 0 fully saturated rings. The number of para-hydroxylation sites is 4. The van der Waals surface area contributed by atoms with E-state index in [4.69, 9.17) is 9.47 Å². The number of nitrogens with one attached hydrogen (secondary N) is 1. The second-order valence-corrected chi connectivity index (χ2v) is 22.7. The van der Waals surface area contributed by atoms with Crippen molar-refractivity contribution in [3.05, 3.63) is 138 Å². The van der Waals surface area contributed by atoms with Crippen molar-refractivity contribution in [2.24, 2.45) is 0 Å². The SMILES string of the molecule is Cc1cc2c(cc1N1c3cc4c(cc3[B]c3c1cc1ccccc1c3-c1cccc3c1Nc1ccccc1[Si]3(C)C)Oc1ccccc1O4)C(C)(C)CCC2(C)C. The quantitative estimate of drug-likeness (QED) is 0.178. The number of ether oxygens (including phenoxy) is 2. The zero-order valence-corrected chi connectivity index (χ0v) is 34.8. The minimum absolute atomic E-state index is 0.0493. The Balaban J connectivity index is 1.21. The molecule has 7 aromatic carbocycles. The molecule has 4 aliphatic rings. The van der Waals surface area contributed by atoms with E-state index >= 15 is 0 Å². The van der Waals surface area contributed by atoms with Crippen LogP contribution in [0.2, 0.25) is 13.1 Å². The van der Waals surface area contributed by atoms with Crippen molar-refractivity contribution in [2.75, 3.05) is 10.2 Å². The first kappa shape index (κ1) is 34.5. The Kier molecular flexibility index (Phi) is 7.21. The van der Waals surface area contributed by atoms with Gasteiger partial charge in [0.1, 0.15) is 8.07 Å². The number of nitrogens with zero attached hydrogens (tertiary/aromatic N) is 1. The molecule has 7 aromatic rings. The normalized spacial score (nSPS) is 17.1. The fourth-order valence-electron chi connectivity index (χ4n) is 10.2. The largest absolute Gasteiger partial charge is 0.450 e. The van der Waals surface area contributed by atoms with Crippen molar-refractivity contribution in [3.63, 3.8) is 0 Å². The molecular weight excluding hydrogens is 711 g/mol. The van der Waals surface area contributed by atoms with Crippen LogP contribution >= 0.6 is 0 Å². The number of fused-ring (bicyclic) bond motifs is 8. The summed E-state index contributed by atoms with van der Waals surface area (Å²) in [4.78, 5) is 2.52. The Labute approximate surface area is 337 Å². The highest BCUT2D eigenvalue weighted by Gasteiger charge is 2.41. The zero-order valence-electron chi connectivity index (χ0n) is 33.8. The van der Waals surface area contributed by atoms with Crippen LogP contribution in [0.25, 0.3) is 21.9 Å². The minimum atomic E-state index is -2.03. The van der Waals surface area contributed by atoms with Crippen LogP contribution in [0.4, 0.5) is 28.4 Å². The highest BCUT2D eigenvalue weighted by atomic mass is 28.3. The van der Waals surface area contributed by atoms with Crippen molar-refractivity contribution in [3.8, 4) is 34.1 Å². The Hall–Kier alpha value is -5.72. The molecular formula is C51H46BN2O2Si. The summed E-state index contributed by atoms with van der Waals surface area (Å²) < 4.78 is 13.2. The summed E-state index contributed by atoms with van der Waals surface area (Å²) in [5.41, 5.74) is 15.0. The monoisotopic (exact) mass is 757 g/mol. The first-order valence-corrected chi connectivity index (χ1v) is 23.4. The Bertz CT molecular complexity index is 2880. The van der Waals surface area contributed by atoms with Gasteiger partial charge in [-0.15, -0.1) is 0 Å². The first-order chi connectivity index (χ1) is 27.4. The van der Waals surface area contributed by atoms with Gasteiger partial charge in [0.2, 0.25) is 0 Å². The van der Waals surface area contributed by atoms with Crippen LogP contribution in [-0.2, 0) is 10.8 Å². The van der Waals surface area contributed by atoms with Crippen LogP contribution in [0, 0.1) is 6.92 Å². The summed E-state index contributed by atoms with van der Waals surface area (Å²) in [6, 6.07) is 44.5. The smallest absolute Gasteiger partial charge is 0.198 e. The van der Waals surface area contributed by atoms with Gasteiger partial charge in [0.05, 0.1) is 0 Å². The molecule has 6 heteroatoms. The number of benzene rings is 7. The standard InChI is InChI=1S/C51H46BN2O2Si/c1-30-25-34-35(51(4,5)24-23-50(34,2)3)27-38(30)54-39-29-44-43(55-41-19-11-12-20-42(41)56-44)28-36(39)52-48-40(54)26-31-15-8-9-16-32(31)47(48)33-17-14-22-46-49(33)53-37-18-10-13-21-45(37)57(46,6)7/h8-22,25-29,53H,23-24H2,1-7H3. The lowest BCUT2D eigenvalue weighted by Crippen LogP contribution is -2.57. The first-order valence-electron chi connectivity index (χ1n) is 20.4. The molecule has 0 saturated heterocycles. The highest BCUT2D eigenvalue weighted by molar-refractivity contribution is 7.02. The fraction of sp³-hybridized carbons (Fsp3) is 0.216. The van der Waals surface area contributed by atoms with Gasteiger partial charge in [0.25, 0.3) is 0 Å². The summed E-state index contributed by atoms with van der Waals surface area (Å²) >= 11 is 0. The summed E-state index contributed by atoms with van der Waals surface area (Å²) in [5, 5.41) is 9.31. The summed E-state index contributed by atoms with van der Waals surface area (Å²) in [7, 11) is 0.366. The van der Waals surface area contributed by atoms with Crippen molar-refractivity contribution in [1.82, 2.24) is 0 Å². The minimum Gasteiger partial charge on any atom is -0.450 e. The predicted molar refractivity (Wildman–Crippen MR) is 242 cm³/mol. The van der Waals surface area contributed by atoms with Crippen LogP contribution in [0.5, 0.6) is 23.0 Å². The molecule has 0 amide bonds. The van der Waals surface area contributed by atoms with Crippen LogP contribution < -0.4 is 41.0 Å². The van der Waals surface area contributed by atoms with Gasteiger partial charge in [-0.3, -0.25) is 0 Å². The van der Waals surface area contributed by atoms with E-state index in [1.165, 1.54) is 77.9 Å². The third kappa shape index (κ3) is 5.05. The molecule has 57 heavy (non-hydrogen) atoms. The van der Waals surface area contributed by atoms with Crippen molar-refractivity contribution >= 4 is 75.9 Å². The molecule has 1 N–H and O–H groups in total. The number of hydrogen-bond donors (Lipinski definition) is 1. The number of aryl methyl sites for hydroxylation is 1. The van der Waals surface area contributed by atoms with E-state index in [1.807, 2.05) is 24.3 Å². The van der Waals surface area contributed by atoms with Gasteiger partial charge in [0.15, 0.2) is 30.3 Å². The Morgan fingerprint density at radius 1 is 0.632 bits per heavy atom. The third-order valence-corrected chi connectivity index (χ3v) is 17.1. The molecule has 0 aromatic heterocycles. The molecule has 4 nitrogen and oxygen atoms in total. The maximum Gasteiger partial charge on any atom is 0.198 e. The molecule has 0 atom stereocenters. The van der Waals surface area contributed by atoms with Gasteiger partial charge < -0.3 is 19.7 Å². The topological polar surface area (TPSA) is 33.7 Å². The van der Waals surface area contributed by atoms with Crippen LogP contribution in [0.15, 0.2) is 121 Å². The van der Waals surface area contributed by atoms with E-state index in [0.717, 1.165) is 46.3 Å². The lowest BCUT2D eigenvalue weighted by atomic mass is 9.57. The van der Waals surface area contributed by atoms with E-state index in [1.54, 1.807) is 0 Å². The zero-order chi connectivity index (χ0) is 39.0. The maximum atomic E-state index is 6.60. The predicted octanol–water partition coefficient (Wildman–Crippen LogP) is 11.4. The Morgan fingerprint density at radius 2 is 1.28 bits per heavy atom. The molecule has 11 rings (SSSR count). The van der Waals surface area contributed by atoms with Gasteiger partial charge >= 0.3 is 0 Å². The van der Waals surface area contributed by atoms with E-state index in [0.29, 0.717) is 0 Å². The van der Waals surface area contributed by atoms with Crippen LogP contribution in [-0.4, -0.2) is 15.4 Å². The molecule has 0 bridgehead atoms. The molecule has 3 heterocycles. The van der Waals surface area contributed by atoms with E-state index in [2.05, 4.69) is 162 Å². The molecule has 1 radical (unpaired) electrons. The van der Waals surface area contributed by atoms with Gasteiger partial charge in [-0.05, 0) is 116 Å². The number of hydrogen-bond acceptors (Lipinski definition) is 4. The van der Waals surface area contributed by atoms with Gasteiger partial charge in [-0.25, -0.2) is 0 Å². The average Bonchev–Trinajstić information content (AvgIpc) is 3.19. The van der Waals surface area contributed by atoms with Gasteiger partial charge in [0, 0.05) is 40.1 Å². The van der Waals surface area contributed by atoms with E-state index < -0.39 is 8.07 Å². The molecule has 3 aliphatic heterocycles. The second-order valence-electron chi connectivity index (χ2n) is 18.4. The molecule has 0 saturated carbocycles. The lowest BCUT2D eigenvalue weighted by molar-refractivity contribution is 0.332. The molecule has 1 aliphatic carbocycles. The molecule has 279 valence electrons.